The highest BCUT2D eigenvalue weighted by atomic mass is 16.5. The molecule has 1 saturated heterocycles. The van der Waals surface area contributed by atoms with E-state index in [0.717, 1.165) is 18.0 Å². The van der Waals surface area contributed by atoms with Crippen LogP contribution >= 0.6 is 0 Å². The normalized spacial score (nSPS) is 21.2. The van der Waals surface area contributed by atoms with E-state index in [4.69, 9.17) is 10.5 Å². The first-order valence-corrected chi connectivity index (χ1v) is 5.87. The van der Waals surface area contributed by atoms with Crippen LogP contribution in [0.5, 0.6) is 5.75 Å². The number of benzene rings is 1. The summed E-state index contributed by atoms with van der Waals surface area (Å²) in [5.74, 6) is 0.762. The van der Waals surface area contributed by atoms with E-state index < -0.39 is 0 Å². The molecule has 1 atom stereocenters. The van der Waals surface area contributed by atoms with Crippen molar-refractivity contribution in [3.8, 4) is 5.75 Å². The van der Waals surface area contributed by atoms with Gasteiger partial charge < -0.3 is 10.5 Å². The Hall–Kier alpha value is -1.22. The van der Waals surface area contributed by atoms with Crippen LogP contribution < -0.4 is 10.5 Å². The molecule has 1 aliphatic rings. The number of nitrogen functional groups attached to an aromatic ring is 1. The number of nitrogens with zero attached hydrogens (tertiary/aromatic N) is 1. The van der Waals surface area contributed by atoms with Crippen LogP contribution in [0.2, 0.25) is 0 Å². The van der Waals surface area contributed by atoms with Crippen molar-refractivity contribution in [3.05, 3.63) is 23.8 Å². The van der Waals surface area contributed by atoms with Crippen LogP contribution in [0.4, 0.5) is 5.69 Å². The number of anilines is 1. The van der Waals surface area contributed by atoms with Gasteiger partial charge in [0.25, 0.3) is 0 Å². The van der Waals surface area contributed by atoms with Gasteiger partial charge in [-0.15, -0.1) is 0 Å². The van der Waals surface area contributed by atoms with Crippen molar-refractivity contribution in [2.24, 2.45) is 0 Å². The number of ether oxygens (including phenoxy) is 1. The zero-order chi connectivity index (χ0) is 11.5. The molecule has 0 spiro atoms. The number of likely N-dealkylation sites (tertiary alicyclic amines) is 1. The first kappa shape index (κ1) is 11.3. The van der Waals surface area contributed by atoms with Crippen molar-refractivity contribution in [2.45, 2.75) is 32.4 Å². The van der Waals surface area contributed by atoms with Gasteiger partial charge in [-0.05, 0) is 44.0 Å². The molecule has 1 fully saturated rings. The Morgan fingerprint density at radius 2 is 2.31 bits per heavy atom. The molecule has 3 heteroatoms. The summed E-state index contributed by atoms with van der Waals surface area (Å²) in [5, 5.41) is 0. The SMILES string of the molecule is COc1ccc(CN2CCCC2C)cc1N. The van der Waals surface area contributed by atoms with E-state index in [0.29, 0.717) is 6.04 Å². The van der Waals surface area contributed by atoms with Gasteiger partial charge in [-0.25, -0.2) is 0 Å². The molecule has 0 saturated carbocycles. The van der Waals surface area contributed by atoms with E-state index in [-0.39, 0.29) is 0 Å². The lowest BCUT2D eigenvalue weighted by atomic mass is 10.1. The molecule has 1 aromatic carbocycles. The van der Waals surface area contributed by atoms with E-state index >= 15 is 0 Å². The maximum absolute atomic E-state index is 5.90. The van der Waals surface area contributed by atoms with Crippen molar-refractivity contribution < 1.29 is 4.74 Å². The van der Waals surface area contributed by atoms with Crippen molar-refractivity contribution in [2.75, 3.05) is 19.4 Å². The monoisotopic (exact) mass is 220 g/mol. The Balaban J connectivity index is 2.07. The lowest BCUT2D eigenvalue weighted by Gasteiger charge is -2.21. The van der Waals surface area contributed by atoms with E-state index in [2.05, 4.69) is 17.9 Å². The molecule has 2 rings (SSSR count). The van der Waals surface area contributed by atoms with Crippen LogP contribution in [0.15, 0.2) is 18.2 Å². The highest BCUT2D eigenvalue weighted by molar-refractivity contribution is 5.54. The summed E-state index contributed by atoms with van der Waals surface area (Å²) in [6, 6.07) is 6.76. The maximum Gasteiger partial charge on any atom is 0.141 e. The maximum atomic E-state index is 5.90. The lowest BCUT2D eigenvalue weighted by molar-refractivity contribution is 0.260. The van der Waals surface area contributed by atoms with Crippen LogP contribution in [-0.4, -0.2) is 24.6 Å². The largest absolute Gasteiger partial charge is 0.495 e. The quantitative estimate of drug-likeness (QED) is 0.794. The smallest absolute Gasteiger partial charge is 0.141 e. The third-order valence-electron chi connectivity index (χ3n) is 3.37. The molecule has 0 bridgehead atoms. The highest BCUT2D eigenvalue weighted by Crippen LogP contribution is 2.25. The lowest BCUT2D eigenvalue weighted by Crippen LogP contribution is -2.26. The third-order valence-corrected chi connectivity index (χ3v) is 3.37. The van der Waals surface area contributed by atoms with Crippen molar-refractivity contribution in [1.82, 2.24) is 4.90 Å². The highest BCUT2D eigenvalue weighted by Gasteiger charge is 2.20. The Kier molecular flexibility index (Phi) is 3.34. The third kappa shape index (κ3) is 2.30. The van der Waals surface area contributed by atoms with Gasteiger partial charge in [0.15, 0.2) is 0 Å². The molecule has 0 amide bonds. The fourth-order valence-corrected chi connectivity index (χ4v) is 2.34. The van der Waals surface area contributed by atoms with Gasteiger partial charge in [-0.3, -0.25) is 4.90 Å². The molecule has 1 aromatic rings. The summed E-state index contributed by atoms with van der Waals surface area (Å²) in [6.07, 6.45) is 2.62. The molecule has 3 nitrogen and oxygen atoms in total. The van der Waals surface area contributed by atoms with Gasteiger partial charge in [-0.1, -0.05) is 6.07 Å². The van der Waals surface area contributed by atoms with Gasteiger partial charge >= 0.3 is 0 Å². The minimum atomic E-state index is 0.698. The summed E-state index contributed by atoms with van der Waals surface area (Å²) in [5.41, 5.74) is 7.90. The number of rotatable bonds is 3. The zero-order valence-corrected chi connectivity index (χ0v) is 10.1. The second kappa shape index (κ2) is 4.74. The molecule has 0 aromatic heterocycles. The summed E-state index contributed by atoms with van der Waals surface area (Å²) < 4.78 is 5.15. The molecule has 88 valence electrons. The van der Waals surface area contributed by atoms with Crippen molar-refractivity contribution >= 4 is 5.69 Å². The van der Waals surface area contributed by atoms with Crippen molar-refractivity contribution in [3.63, 3.8) is 0 Å². The van der Waals surface area contributed by atoms with E-state index in [1.165, 1.54) is 24.9 Å². The molecule has 1 aliphatic heterocycles. The molecule has 0 radical (unpaired) electrons. The minimum Gasteiger partial charge on any atom is -0.495 e. The first-order chi connectivity index (χ1) is 7.70. The second-order valence-corrected chi connectivity index (χ2v) is 4.54. The fraction of sp³-hybridized carbons (Fsp3) is 0.538. The number of hydrogen-bond acceptors (Lipinski definition) is 3. The predicted octanol–water partition coefficient (Wildman–Crippen LogP) is 2.26. The van der Waals surface area contributed by atoms with Crippen LogP contribution in [0.1, 0.15) is 25.3 Å². The molecule has 1 heterocycles. The van der Waals surface area contributed by atoms with E-state index in [1.807, 2.05) is 12.1 Å². The molecular weight excluding hydrogens is 200 g/mol. The zero-order valence-electron chi connectivity index (χ0n) is 10.1. The first-order valence-electron chi connectivity index (χ1n) is 5.87. The van der Waals surface area contributed by atoms with E-state index in [1.54, 1.807) is 7.11 Å². The summed E-state index contributed by atoms with van der Waals surface area (Å²) in [7, 11) is 1.65. The van der Waals surface area contributed by atoms with Crippen LogP contribution in [-0.2, 0) is 6.54 Å². The Bertz CT molecular complexity index is 365. The molecule has 0 aliphatic carbocycles. The molecule has 2 N–H and O–H groups in total. The standard InChI is InChI=1S/C13H20N2O/c1-10-4-3-7-15(10)9-11-5-6-13(16-2)12(14)8-11/h5-6,8,10H,3-4,7,9,14H2,1-2H3. The number of hydrogen-bond donors (Lipinski definition) is 1. The van der Waals surface area contributed by atoms with Crippen LogP contribution in [0.3, 0.4) is 0 Å². The van der Waals surface area contributed by atoms with E-state index in [9.17, 15) is 0 Å². The number of nitrogens with two attached hydrogens (primary N) is 1. The average Bonchev–Trinajstić information content (AvgIpc) is 2.65. The number of methoxy groups -OCH3 is 1. The van der Waals surface area contributed by atoms with Gasteiger partial charge in [-0.2, -0.15) is 0 Å². The van der Waals surface area contributed by atoms with Crippen LogP contribution in [0, 0.1) is 0 Å². The topological polar surface area (TPSA) is 38.5 Å². The van der Waals surface area contributed by atoms with Crippen LogP contribution in [0.25, 0.3) is 0 Å². The minimum absolute atomic E-state index is 0.698. The Morgan fingerprint density at radius 3 is 2.88 bits per heavy atom. The molecule has 1 unspecified atom stereocenters. The average molecular weight is 220 g/mol. The molecular formula is C13H20N2O. The summed E-state index contributed by atoms with van der Waals surface area (Å²) in [4.78, 5) is 2.50. The summed E-state index contributed by atoms with van der Waals surface area (Å²) >= 11 is 0. The Morgan fingerprint density at radius 1 is 1.50 bits per heavy atom. The van der Waals surface area contributed by atoms with Gasteiger partial charge in [0.2, 0.25) is 0 Å². The molecule has 16 heavy (non-hydrogen) atoms. The fourth-order valence-electron chi connectivity index (χ4n) is 2.34. The predicted molar refractivity (Wildman–Crippen MR) is 66.5 cm³/mol. The van der Waals surface area contributed by atoms with Crippen molar-refractivity contribution in [1.29, 1.82) is 0 Å². The van der Waals surface area contributed by atoms with Gasteiger partial charge in [0.1, 0.15) is 5.75 Å². The second-order valence-electron chi connectivity index (χ2n) is 4.54. The Labute approximate surface area is 97.2 Å². The summed E-state index contributed by atoms with van der Waals surface area (Å²) in [6.45, 7) is 4.49. The van der Waals surface area contributed by atoms with Gasteiger partial charge in [0, 0.05) is 12.6 Å². The van der Waals surface area contributed by atoms with Gasteiger partial charge in [0.05, 0.1) is 12.8 Å².